The standard InChI is InChI=1S/C20H24N2O4/c1-3-13-25-17-11-7-5-9-15(17)21-19(23)20(24)22-16-10-6-8-12-18(16)26-14-4-2/h5-12H,3-4,13-14H2,1-2H3,(H,21,23)(H,22,24). The van der Waals surface area contributed by atoms with Crippen molar-refractivity contribution in [2.75, 3.05) is 23.8 Å². The molecule has 2 aromatic rings. The predicted molar refractivity (Wildman–Crippen MR) is 102 cm³/mol. The minimum absolute atomic E-state index is 0.455. The Hall–Kier alpha value is -3.02. The van der Waals surface area contributed by atoms with Crippen molar-refractivity contribution in [2.24, 2.45) is 0 Å². The maximum Gasteiger partial charge on any atom is 0.314 e. The highest BCUT2D eigenvalue weighted by atomic mass is 16.5. The first-order valence-electron chi connectivity index (χ1n) is 8.71. The van der Waals surface area contributed by atoms with Crippen molar-refractivity contribution in [3.8, 4) is 11.5 Å². The van der Waals surface area contributed by atoms with Crippen LogP contribution in [-0.4, -0.2) is 25.0 Å². The number of amides is 2. The van der Waals surface area contributed by atoms with Crippen molar-refractivity contribution in [3.63, 3.8) is 0 Å². The Morgan fingerprint density at radius 1 is 0.731 bits per heavy atom. The van der Waals surface area contributed by atoms with Gasteiger partial charge in [0.05, 0.1) is 24.6 Å². The van der Waals surface area contributed by atoms with Gasteiger partial charge in [-0.05, 0) is 37.1 Å². The van der Waals surface area contributed by atoms with Gasteiger partial charge in [0.1, 0.15) is 11.5 Å². The second-order valence-electron chi connectivity index (χ2n) is 5.60. The van der Waals surface area contributed by atoms with Gasteiger partial charge in [-0.3, -0.25) is 9.59 Å². The van der Waals surface area contributed by atoms with Crippen LogP contribution in [0.5, 0.6) is 11.5 Å². The third-order valence-corrected chi connectivity index (χ3v) is 3.40. The van der Waals surface area contributed by atoms with E-state index in [9.17, 15) is 9.59 Å². The van der Waals surface area contributed by atoms with E-state index < -0.39 is 11.8 Å². The largest absolute Gasteiger partial charge is 0.491 e. The summed E-state index contributed by atoms with van der Waals surface area (Å²) in [4.78, 5) is 24.5. The molecule has 138 valence electrons. The topological polar surface area (TPSA) is 76.7 Å². The summed E-state index contributed by atoms with van der Waals surface area (Å²) in [6.45, 7) is 5.04. The van der Waals surface area contributed by atoms with Crippen molar-refractivity contribution in [1.82, 2.24) is 0 Å². The first-order valence-corrected chi connectivity index (χ1v) is 8.71. The number of hydrogen-bond donors (Lipinski definition) is 2. The number of hydrogen-bond acceptors (Lipinski definition) is 4. The smallest absolute Gasteiger partial charge is 0.314 e. The number of anilines is 2. The molecular formula is C20H24N2O4. The highest BCUT2D eigenvalue weighted by molar-refractivity contribution is 6.43. The molecule has 0 heterocycles. The molecule has 0 aliphatic heterocycles. The average Bonchev–Trinajstić information content (AvgIpc) is 2.66. The monoisotopic (exact) mass is 356 g/mol. The lowest BCUT2D eigenvalue weighted by atomic mass is 10.2. The third kappa shape index (κ3) is 5.51. The zero-order chi connectivity index (χ0) is 18.8. The molecule has 0 saturated carbocycles. The summed E-state index contributed by atoms with van der Waals surface area (Å²) >= 11 is 0. The lowest BCUT2D eigenvalue weighted by Gasteiger charge is -2.13. The highest BCUT2D eigenvalue weighted by Crippen LogP contribution is 2.25. The Morgan fingerprint density at radius 3 is 1.50 bits per heavy atom. The van der Waals surface area contributed by atoms with Crippen LogP contribution in [0, 0.1) is 0 Å². The van der Waals surface area contributed by atoms with E-state index in [1.165, 1.54) is 0 Å². The van der Waals surface area contributed by atoms with Crippen molar-refractivity contribution < 1.29 is 19.1 Å². The Morgan fingerprint density at radius 2 is 1.12 bits per heavy atom. The van der Waals surface area contributed by atoms with Crippen LogP contribution in [0.2, 0.25) is 0 Å². The molecule has 2 aromatic carbocycles. The van der Waals surface area contributed by atoms with Crippen LogP contribution in [0.4, 0.5) is 11.4 Å². The molecule has 0 saturated heterocycles. The maximum absolute atomic E-state index is 12.2. The van der Waals surface area contributed by atoms with E-state index in [0.29, 0.717) is 36.1 Å². The van der Waals surface area contributed by atoms with Gasteiger partial charge in [-0.15, -0.1) is 0 Å². The zero-order valence-electron chi connectivity index (χ0n) is 15.1. The Kier molecular flexibility index (Phi) is 7.49. The van der Waals surface area contributed by atoms with Gasteiger partial charge in [0, 0.05) is 0 Å². The van der Waals surface area contributed by atoms with Gasteiger partial charge < -0.3 is 20.1 Å². The molecule has 0 aliphatic rings. The van der Waals surface area contributed by atoms with Gasteiger partial charge in [0.15, 0.2) is 0 Å². The molecule has 0 aromatic heterocycles. The summed E-state index contributed by atoms with van der Waals surface area (Å²) < 4.78 is 11.2. The molecule has 6 heteroatoms. The van der Waals surface area contributed by atoms with Crippen LogP contribution in [0.15, 0.2) is 48.5 Å². The van der Waals surface area contributed by atoms with Crippen LogP contribution in [-0.2, 0) is 9.59 Å². The van der Waals surface area contributed by atoms with Crippen LogP contribution in [0.25, 0.3) is 0 Å². The van der Waals surface area contributed by atoms with E-state index in [4.69, 9.17) is 9.47 Å². The lowest BCUT2D eigenvalue weighted by Crippen LogP contribution is -2.29. The number of ether oxygens (including phenoxy) is 2. The van der Waals surface area contributed by atoms with E-state index in [1.54, 1.807) is 36.4 Å². The second kappa shape index (κ2) is 10.1. The molecular weight excluding hydrogens is 332 g/mol. The molecule has 2 rings (SSSR count). The summed E-state index contributed by atoms with van der Waals surface area (Å²) in [5, 5.41) is 5.17. The molecule has 26 heavy (non-hydrogen) atoms. The van der Waals surface area contributed by atoms with Crippen LogP contribution >= 0.6 is 0 Å². The Bertz CT molecular complexity index is 683. The van der Waals surface area contributed by atoms with E-state index in [-0.39, 0.29) is 0 Å². The van der Waals surface area contributed by atoms with Gasteiger partial charge in [-0.1, -0.05) is 38.1 Å². The molecule has 0 unspecified atom stereocenters. The number of rotatable bonds is 8. The van der Waals surface area contributed by atoms with Crippen LogP contribution in [0.1, 0.15) is 26.7 Å². The fourth-order valence-corrected chi connectivity index (χ4v) is 2.17. The summed E-state index contributed by atoms with van der Waals surface area (Å²) in [7, 11) is 0. The van der Waals surface area contributed by atoms with Gasteiger partial charge in [-0.25, -0.2) is 0 Å². The average molecular weight is 356 g/mol. The van der Waals surface area contributed by atoms with E-state index in [0.717, 1.165) is 12.8 Å². The molecule has 0 aliphatic carbocycles. The minimum atomic E-state index is -0.775. The van der Waals surface area contributed by atoms with Crippen molar-refractivity contribution in [1.29, 1.82) is 0 Å². The van der Waals surface area contributed by atoms with Gasteiger partial charge in [-0.2, -0.15) is 0 Å². The Balaban J connectivity index is 2.04. The van der Waals surface area contributed by atoms with E-state index in [2.05, 4.69) is 10.6 Å². The van der Waals surface area contributed by atoms with Crippen molar-refractivity contribution in [2.45, 2.75) is 26.7 Å². The summed E-state index contributed by atoms with van der Waals surface area (Å²) in [6.07, 6.45) is 1.69. The maximum atomic E-state index is 12.2. The molecule has 2 N–H and O–H groups in total. The summed E-state index contributed by atoms with van der Waals surface area (Å²) in [5.41, 5.74) is 0.910. The SMILES string of the molecule is CCCOc1ccccc1NC(=O)C(=O)Nc1ccccc1OCCC. The van der Waals surface area contributed by atoms with E-state index in [1.807, 2.05) is 26.0 Å². The first-order chi connectivity index (χ1) is 12.7. The normalized spacial score (nSPS) is 10.1. The molecule has 2 amide bonds. The predicted octanol–water partition coefficient (Wildman–Crippen LogP) is 3.84. The van der Waals surface area contributed by atoms with E-state index >= 15 is 0 Å². The quantitative estimate of drug-likeness (QED) is 0.705. The van der Waals surface area contributed by atoms with Gasteiger partial charge in [0.25, 0.3) is 0 Å². The van der Waals surface area contributed by atoms with Crippen LogP contribution in [0.3, 0.4) is 0 Å². The highest BCUT2D eigenvalue weighted by Gasteiger charge is 2.17. The van der Waals surface area contributed by atoms with Crippen molar-refractivity contribution in [3.05, 3.63) is 48.5 Å². The lowest BCUT2D eigenvalue weighted by molar-refractivity contribution is -0.133. The van der Waals surface area contributed by atoms with Crippen LogP contribution < -0.4 is 20.1 Å². The first kappa shape index (κ1) is 19.3. The molecule has 0 fully saturated rings. The minimum Gasteiger partial charge on any atom is -0.491 e. The molecule has 6 nitrogen and oxygen atoms in total. The Labute approximate surface area is 153 Å². The third-order valence-electron chi connectivity index (χ3n) is 3.40. The van der Waals surface area contributed by atoms with Gasteiger partial charge >= 0.3 is 11.8 Å². The number of carbonyl (C=O) groups is 2. The zero-order valence-corrected chi connectivity index (χ0v) is 15.1. The second-order valence-corrected chi connectivity index (χ2v) is 5.60. The fraction of sp³-hybridized carbons (Fsp3) is 0.300. The number of carbonyl (C=O) groups excluding carboxylic acids is 2. The number of benzene rings is 2. The van der Waals surface area contributed by atoms with Crippen molar-refractivity contribution >= 4 is 23.2 Å². The number of nitrogens with one attached hydrogen (secondary N) is 2. The molecule has 0 atom stereocenters. The molecule has 0 bridgehead atoms. The fourth-order valence-electron chi connectivity index (χ4n) is 2.17. The molecule has 0 radical (unpaired) electrons. The summed E-state index contributed by atoms with van der Waals surface area (Å²) in [5.74, 6) is -0.491. The van der Waals surface area contributed by atoms with Gasteiger partial charge in [0.2, 0.25) is 0 Å². The summed E-state index contributed by atoms with van der Waals surface area (Å²) in [6, 6.07) is 14.0. The number of para-hydroxylation sites is 4. The molecule has 0 spiro atoms.